The van der Waals surface area contributed by atoms with Gasteiger partial charge < -0.3 is 5.11 Å². The van der Waals surface area contributed by atoms with E-state index in [0.717, 1.165) is 0 Å². The van der Waals surface area contributed by atoms with Crippen LogP contribution in [-0.2, 0) is 32.5 Å². The number of hydrogen-bond donors (Lipinski definition) is 2. The predicted molar refractivity (Wildman–Crippen MR) is 28.1 cm³/mol. The summed E-state index contributed by atoms with van der Waals surface area (Å²) in [6.45, 7) is 1.29. The number of aliphatic hydroxyl groups is 1. The fourth-order valence-electron chi connectivity index (χ4n) is 0.305. The minimum atomic E-state index is -3.97. The van der Waals surface area contributed by atoms with Crippen LogP contribution in [0.25, 0.3) is 0 Å². The smallest absolute Gasteiger partial charge is 0.267 e. The van der Waals surface area contributed by atoms with Crippen LogP contribution in [0.15, 0.2) is 0 Å². The first-order valence-electron chi connectivity index (χ1n) is 2.05. The quantitative estimate of drug-likeness (QED) is 0.498. The predicted octanol–water partition coefficient (Wildman–Crippen LogP) is -0.747. The van der Waals surface area contributed by atoms with E-state index in [1.54, 1.807) is 0 Å². The third-order valence-corrected chi connectivity index (χ3v) is 1.36. The molecule has 0 bridgehead atoms. The summed E-state index contributed by atoms with van der Waals surface area (Å²) in [6, 6.07) is 0. The molecule has 0 heterocycles. The summed E-state index contributed by atoms with van der Waals surface area (Å²) in [7, 11) is -3.97. The van der Waals surface area contributed by atoms with Crippen molar-refractivity contribution in [3.05, 3.63) is 0 Å². The summed E-state index contributed by atoms with van der Waals surface area (Å²) < 4.78 is 27.7. The molecule has 0 saturated heterocycles. The summed E-state index contributed by atoms with van der Waals surface area (Å²) in [6.07, 6.45) is -0.995. The SMILES string of the molecule is CC(O)CS(=O)(=O)O.[Ag]. The fraction of sp³-hybridized carbons (Fsp3) is 1.00. The zero-order valence-electron chi connectivity index (χ0n) is 4.71. The Bertz CT molecular complexity index is 149. The molecule has 0 aromatic rings. The average Bonchev–Trinajstić information content (AvgIpc) is 1.21. The van der Waals surface area contributed by atoms with Gasteiger partial charge in [0.2, 0.25) is 0 Å². The van der Waals surface area contributed by atoms with Gasteiger partial charge in [-0.15, -0.1) is 0 Å². The Morgan fingerprint density at radius 2 is 1.89 bits per heavy atom. The van der Waals surface area contributed by atoms with Gasteiger partial charge in [0, 0.05) is 22.4 Å². The van der Waals surface area contributed by atoms with Crippen molar-refractivity contribution in [2.75, 3.05) is 5.75 Å². The van der Waals surface area contributed by atoms with Crippen LogP contribution in [0, 0.1) is 0 Å². The second kappa shape index (κ2) is 4.43. The molecule has 0 rings (SSSR count). The molecule has 0 aliphatic heterocycles. The minimum Gasteiger partial charge on any atom is -0.392 e. The third kappa shape index (κ3) is 12.0. The number of rotatable bonds is 2. The van der Waals surface area contributed by atoms with Crippen LogP contribution in [0.4, 0.5) is 0 Å². The Kier molecular flexibility index (Phi) is 6.05. The molecule has 6 heteroatoms. The average molecular weight is 248 g/mol. The maximum atomic E-state index is 9.84. The molecule has 2 N–H and O–H groups in total. The molecule has 1 unspecified atom stereocenters. The zero-order chi connectivity index (χ0) is 6.78. The number of hydrogen-bond acceptors (Lipinski definition) is 3. The van der Waals surface area contributed by atoms with E-state index in [1.165, 1.54) is 6.92 Å². The summed E-state index contributed by atoms with van der Waals surface area (Å²) in [5.74, 6) is -0.590. The molecule has 4 nitrogen and oxygen atoms in total. The normalized spacial score (nSPS) is 14.1. The summed E-state index contributed by atoms with van der Waals surface area (Å²) in [4.78, 5) is 0. The van der Waals surface area contributed by atoms with E-state index in [0.29, 0.717) is 0 Å². The molecule has 1 atom stereocenters. The first kappa shape index (κ1) is 12.3. The van der Waals surface area contributed by atoms with Crippen LogP contribution in [0.5, 0.6) is 0 Å². The van der Waals surface area contributed by atoms with Gasteiger partial charge in [0.15, 0.2) is 0 Å². The standard InChI is InChI=1S/C3H8O4S.Ag/c1-3(4)2-8(5,6)7;/h3-4H,2H2,1H3,(H,5,6,7);. The van der Waals surface area contributed by atoms with E-state index in [9.17, 15) is 8.42 Å². The zero-order valence-corrected chi connectivity index (χ0v) is 7.00. The van der Waals surface area contributed by atoms with Crippen LogP contribution in [0.2, 0.25) is 0 Å². The van der Waals surface area contributed by atoms with E-state index < -0.39 is 22.0 Å². The Hall–Kier alpha value is 0.610. The Morgan fingerprint density at radius 3 is 1.89 bits per heavy atom. The molecule has 0 amide bonds. The van der Waals surface area contributed by atoms with Gasteiger partial charge >= 0.3 is 0 Å². The molecule has 0 aromatic heterocycles. The largest absolute Gasteiger partial charge is 0.392 e. The van der Waals surface area contributed by atoms with Gasteiger partial charge in [0.1, 0.15) is 5.75 Å². The fourth-order valence-corrected chi connectivity index (χ4v) is 0.914. The van der Waals surface area contributed by atoms with E-state index in [4.69, 9.17) is 9.66 Å². The summed E-state index contributed by atoms with van der Waals surface area (Å²) >= 11 is 0. The van der Waals surface area contributed by atoms with Gasteiger partial charge in [-0.05, 0) is 6.92 Å². The molecule has 61 valence electrons. The molecule has 0 saturated carbocycles. The van der Waals surface area contributed by atoms with Gasteiger partial charge in [-0.2, -0.15) is 8.42 Å². The van der Waals surface area contributed by atoms with Gasteiger partial charge in [-0.25, -0.2) is 0 Å². The molecule has 0 aliphatic carbocycles. The van der Waals surface area contributed by atoms with Crippen molar-refractivity contribution in [1.82, 2.24) is 0 Å². The van der Waals surface area contributed by atoms with Crippen molar-refractivity contribution in [3.8, 4) is 0 Å². The first-order chi connectivity index (χ1) is 3.42. The molecule has 9 heavy (non-hydrogen) atoms. The topological polar surface area (TPSA) is 74.6 Å². The molecule has 0 spiro atoms. The Labute approximate surface area is 69.5 Å². The van der Waals surface area contributed by atoms with Crippen molar-refractivity contribution < 1.29 is 40.5 Å². The Morgan fingerprint density at radius 1 is 1.56 bits per heavy atom. The van der Waals surface area contributed by atoms with Crippen LogP contribution in [0.1, 0.15) is 6.92 Å². The first-order valence-corrected chi connectivity index (χ1v) is 3.66. The molecule has 0 fully saturated rings. The second-order valence-corrected chi connectivity index (χ2v) is 3.09. The molecule has 1 radical (unpaired) electrons. The second-order valence-electron chi connectivity index (χ2n) is 1.60. The molecule has 0 aliphatic rings. The van der Waals surface area contributed by atoms with Gasteiger partial charge in [0.05, 0.1) is 6.10 Å². The van der Waals surface area contributed by atoms with Crippen molar-refractivity contribution in [2.24, 2.45) is 0 Å². The molecular weight excluding hydrogens is 240 g/mol. The minimum absolute atomic E-state index is 0. The molecular formula is C3H8AgO4S. The summed E-state index contributed by atoms with van der Waals surface area (Å²) in [5.41, 5.74) is 0. The maximum Gasteiger partial charge on any atom is 0.267 e. The molecule has 0 aromatic carbocycles. The van der Waals surface area contributed by atoms with E-state index >= 15 is 0 Å². The van der Waals surface area contributed by atoms with Crippen molar-refractivity contribution in [2.45, 2.75) is 13.0 Å². The van der Waals surface area contributed by atoms with Crippen LogP contribution in [0.3, 0.4) is 0 Å². The van der Waals surface area contributed by atoms with Gasteiger partial charge in [0.25, 0.3) is 10.1 Å². The van der Waals surface area contributed by atoms with Crippen molar-refractivity contribution >= 4 is 10.1 Å². The monoisotopic (exact) mass is 247 g/mol. The van der Waals surface area contributed by atoms with E-state index in [-0.39, 0.29) is 22.4 Å². The maximum absolute atomic E-state index is 9.84. The van der Waals surface area contributed by atoms with Crippen LogP contribution >= 0.6 is 0 Å². The Balaban J connectivity index is 0. The van der Waals surface area contributed by atoms with Crippen molar-refractivity contribution in [3.63, 3.8) is 0 Å². The van der Waals surface area contributed by atoms with Crippen LogP contribution in [-0.4, -0.2) is 29.9 Å². The van der Waals surface area contributed by atoms with E-state index in [1.807, 2.05) is 0 Å². The van der Waals surface area contributed by atoms with Gasteiger partial charge in [-0.3, -0.25) is 4.55 Å². The summed E-state index contributed by atoms with van der Waals surface area (Å²) in [5, 5.41) is 8.35. The number of aliphatic hydroxyl groups excluding tert-OH is 1. The van der Waals surface area contributed by atoms with Crippen LogP contribution < -0.4 is 0 Å². The van der Waals surface area contributed by atoms with E-state index in [2.05, 4.69) is 0 Å². The van der Waals surface area contributed by atoms with Crippen molar-refractivity contribution in [1.29, 1.82) is 0 Å². The van der Waals surface area contributed by atoms with Gasteiger partial charge in [-0.1, -0.05) is 0 Å². The third-order valence-electron chi connectivity index (χ3n) is 0.452.